The Balaban J connectivity index is 1.58. The van der Waals surface area contributed by atoms with Crippen LogP contribution in [0.4, 0.5) is 0 Å². The fraction of sp³-hybridized carbons (Fsp3) is 1.00. The van der Waals surface area contributed by atoms with Crippen LogP contribution in [0.2, 0.25) is 0 Å². The summed E-state index contributed by atoms with van der Waals surface area (Å²) in [7, 11) is 0. The second kappa shape index (κ2) is 6.61. The third-order valence-electron chi connectivity index (χ3n) is 4.42. The molecule has 2 aliphatic rings. The molecule has 0 aromatic rings. The van der Waals surface area contributed by atoms with Crippen LogP contribution in [0.1, 0.15) is 51.4 Å². The second-order valence-corrected chi connectivity index (χ2v) is 5.78. The van der Waals surface area contributed by atoms with Crippen molar-refractivity contribution < 1.29 is 5.11 Å². The number of rotatable bonds is 5. The molecule has 1 atom stereocenters. The van der Waals surface area contributed by atoms with Gasteiger partial charge in [-0.15, -0.1) is 0 Å². The fourth-order valence-electron chi connectivity index (χ4n) is 3.41. The first-order valence-electron chi connectivity index (χ1n) is 7.21. The maximum Gasteiger partial charge on any atom is 0.0471 e. The number of aliphatic hydroxyl groups excluding tert-OH is 1. The molecule has 94 valence electrons. The molecule has 0 spiro atoms. The van der Waals surface area contributed by atoms with Crippen molar-refractivity contribution in [3.63, 3.8) is 0 Å². The molecule has 2 nitrogen and oxygen atoms in total. The minimum atomic E-state index is 0.388. The highest BCUT2D eigenvalue weighted by Gasteiger charge is 2.19. The van der Waals surface area contributed by atoms with Gasteiger partial charge in [-0.3, -0.25) is 0 Å². The lowest BCUT2D eigenvalue weighted by molar-refractivity contribution is 0.118. The molecule has 16 heavy (non-hydrogen) atoms. The summed E-state index contributed by atoms with van der Waals surface area (Å²) in [6.45, 7) is 4.06. The highest BCUT2D eigenvalue weighted by Crippen LogP contribution is 2.28. The van der Waals surface area contributed by atoms with E-state index in [0.717, 1.165) is 12.5 Å². The van der Waals surface area contributed by atoms with Crippen LogP contribution in [0.5, 0.6) is 0 Å². The van der Waals surface area contributed by atoms with E-state index in [1.165, 1.54) is 64.5 Å². The maximum absolute atomic E-state index is 9.18. The van der Waals surface area contributed by atoms with E-state index in [1.54, 1.807) is 0 Å². The van der Waals surface area contributed by atoms with Crippen molar-refractivity contribution >= 4 is 0 Å². The molecule has 1 saturated heterocycles. The van der Waals surface area contributed by atoms with Crippen LogP contribution >= 0.6 is 0 Å². The zero-order valence-electron chi connectivity index (χ0n) is 10.5. The molecule has 1 saturated carbocycles. The molecule has 0 aromatic heterocycles. The van der Waals surface area contributed by atoms with E-state index in [2.05, 4.69) is 4.90 Å². The van der Waals surface area contributed by atoms with Gasteiger partial charge in [-0.2, -0.15) is 0 Å². The largest absolute Gasteiger partial charge is 0.396 e. The molecule has 2 heteroatoms. The van der Waals surface area contributed by atoms with Crippen molar-refractivity contribution in [3.8, 4) is 0 Å². The Morgan fingerprint density at radius 2 is 1.75 bits per heavy atom. The Morgan fingerprint density at radius 3 is 2.50 bits per heavy atom. The summed E-state index contributed by atoms with van der Waals surface area (Å²) in [6.07, 6.45) is 11.3. The van der Waals surface area contributed by atoms with Crippen LogP contribution in [0.15, 0.2) is 0 Å². The predicted octanol–water partition coefficient (Wildman–Crippen LogP) is 2.66. The van der Waals surface area contributed by atoms with Gasteiger partial charge < -0.3 is 10.0 Å². The third-order valence-corrected chi connectivity index (χ3v) is 4.42. The van der Waals surface area contributed by atoms with E-state index >= 15 is 0 Å². The van der Waals surface area contributed by atoms with Gasteiger partial charge in [0.15, 0.2) is 0 Å². The molecular formula is C14H27NO. The lowest BCUT2D eigenvalue weighted by Gasteiger charge is -2.31. The first-order chi connectivity index (χ1) is 7.88. The Kier molecular flexibility index (Phi) is 5.11. The van der Waals surface area contributed by atoms with Crippen molar-refractivity contribution in [1.29, 1.82) is 0 Å². The van der Waals surface area contributed by atoms with E-state index in [4.69, 9.17) is 0 Å². The molecule has 1 heterocycles. The number of piperidine rings is 1. The predicted molar refractivity (Wildman–Crippen MR) is 67.4 cm³/mol. The first-order valence-corrected chi connectivity index (χ1v) is 7.21. The highest BCUT2D eigenvalue weighted by molar-refractivity contribution is 4.73. The average molecular weight is 225 g/mol. The zero-order chi connectivity index (χ0) is 11.2. The van der Waals surface area contributed by atoms with Gasteiger partial charge >= 0.3 is 0 Å². The van der Waals surface area contributed by atoms with E-state index in [9.17, 15) is 5.11 Å². The van der Waals surface area contributed by atoms with E-state index < -0.39 is 0 Å². The van der Waals surface area contributed by atoms with Crippen LogP contribution in [-0.4, -0.2) is 36.2 Å². The van der Waals surface area contributed by atoms with Crippen molar-refractivity contribution in [2.75, 3.05) is 26.2 Å². The van der Waals surface area contributed by atoms with Crippen molar-refractivity contribution in [2.24, 2.45) is 11.8 Å². The van der Waals surface area contributed by atoms with Crippen molar-refractivity contribution in [2.45, 2.75) is 51.4 Å². The molecule has 1 unspecified atom stereocenters. The Bertz CT molecular complexity index is 189. The number of likely N-dealkylation sites (tertiary alicyclic amines) is 1. The molecule has 0 aromatic carbocycles. The normalized spacial score (nSPS) is 28.7. The number of aliphatic hydroxyl groups is 1. The molecule has 0 bridgehead atoms. The number of nitrogens with zero attached hydrogens (tertiary/aromatic N) is 1. The molecule has 0 amide bonds. The van der Waals surface area contributed by atoms with Gasteiger partial charge in [-0.25, -0.2) is 0 Å². The zero-order valence-corrected chi connectivity index (χ0v) is 10.5. The SMILES string of the molecule is OCC1CCCN(CCCC2CCCC2)C1. The van der Waals surface area contributed by atoms with E-state index in [0.29, 0.717) is 12.5 Å². The van der Waals surface area contributed by atoms with Crippen LogP contribution in [0.3, 0.4) is 0 Å². The molecular weight excluding hydrogens is 198 g/mol. The summed E-state index contributed by atoms with van der Waals surface area (Å²) in [4.78, 5) is 2.57. The number of hydrogen-bond donors (Lipinski definition) is 1. The van der Waals surface area contributed by atoms with Crippen LogP contribution < -0.4 is 0 Å². The Labute approximate surface area is 100 Å². The van der Waals surface area contributed by atoms with Crippen LogP contribution in [-0.2, 0) is 0 Å². The summed E-state index contributed by atoms with van der Waals surface area (Å²) >= 11 is 0. The molecule has 1 aliphatic carbocycles. The van der Waals surface area contributed by atoms with Crippen LogP contribution in [0, 0.1) is 11.8 Å². The molecule has 1 aliphatic heterocycles. The van der Waals surface area contributed by atoms with Crippen molar-refractivity contribution in [3.05, 3.63) is 0 Å². The van der Waals surface area contributed by atoms with Gasteiger partial charge in [0.05, 0.1) is 0 Å². The average Bonchev–Trinajstić information content (AvgIpc) is 2.82. The topological polar surface area (TPSA) is 23.5 Å². The minimum absolute atomic E-state index is 0.388. The maximum atomic E-state index is 9.18. The molecule has 0 radical (unpaired) electrons. The van der Waals surface area contributed by atoms with Gasteiger partial charge in [-0.05, 0) is 50.6 Å². The van der Waals surface area contributed by atoms with E-state index in [-0.39, 0.29) is 0 Å². The monoisotopic (exact) mass is 225 g/mol. The standard InChI is InChI=1S/C14H27NO/c16-12-14-8-4-10-15(11-14)9-3-7-13-5-1-2-6-13/h13-14,16H,1-12H2. The third kappa shape index (κ3) is 3.74. The van der Waals surface area contributed by atoms with Crippen molar-refractivity contribution in [1.82, 2.24) is 4.90 Å². The van der Waals surface area contributed by atoms with Gasteiger partial charge in [0.25, 0.3) is 0 Å². The molecule has 1 N–H and O–H groups in total. The summed E-state index contributed by atoms with van der Waals surface area (Å²) in [6, 6.07) is 0. The smallest absolute Gasteiger partial charge is 0.0471 e. The van der Waals surface area contributed by atoms with Gasteiger partial charge in [-0.1, -0.05) is 25.7 Å². The first kappa shape index (κ1) is 12.4. The summed E-state index contributed by atoms with van der Waals surface area (Å²) in [5.74, 6) is 1.60. The summed E-state index contributed by atoms with van der Waals surface area (Å²) in [5.41, 5.74) is 0. The summed E-state index contributed by atoms with van der Waals surface area (Å²) < 4.78 is 0. The Hall–Kier alpha value is -0.0800. The minimum Gasteiger partial charge on any atom is -0.396 e. The summed E-state index contributed by atoms with van der Waals surface area (Å²) in [5, 5.41) is 9.18. The lowest BCUT2D eigenvalue weighted by atomic mass is 9.97. The highest BCUT2D eigenvalue weighted by atomic mass is 16.3. The Morgan fingerprint density at radius 1 is 1.00 bits per heavy atom. The fourth-order valence-corrected chi connectivity index (χ4v) is 3.41. The molecule has 2 rings (SSSR count). The van der Waals surface area contributed by atoms with Gasteiger partial charge in [0.2, 0.25) is 0 Å². The van der Waals surface area contributed by atoms with Gasteiger partial charge in [0, 0.05) is 13.2 Å². The second-order valence-electron chi connectivity index (χ2n) is 5.78. The number of hydrogen-bond acceptors (Lipinski definition) is 2. The lowest BCUT2D eigenvalue weighted by Crippen LogP contribution is -2.37. The van der Waals surface area contributed by atoms with E-state index in [1.807, 2.05) is 0 Å². The van der Waals surface area contributed by atoms with Crippen LogP contribution in [0.25, 0.3) is 0 Å². The quantitative estimate of drug-likeness (QED) is 0.777. The van der Waals surface area contributed by atoms with Gasteiger partial charge in [0.1, 0.15) is 0 Å². The molecule has 2 fully saturated rings.